The van der Waals surface area contributed by atoms with Gasteiger partial charge in [-0.25, -0.2) is 9.59 Å². The van der Waals surface area contributed by atoms with Crippen LogP contribution in [0.4, 0.5) is 18.0 Å². The lowest BCUT2D eigenvalue weighted by Crippen LogP contribution is -2.53. The number of aliphatic imine (C=N–C) groups is 1. The van der Waals surface area contributed by atoms with Crippen molar-refractivity contribution in [2.24, 2.45) is 16.5 Å². The molecule has 0 aromatic rings. The zero-order valence-corrected chi connectivity index (χ0v) is 20.5. The fourth-order valence-corrected chi connectivity index (χ4v) is 2.16. The first-order valence-corrected chi connectivity index (χ1v) is 10.8. The molecule has 0 rings (SSSR count). The van der Waals surface area contributed by atoms with E-state index in [0.29, 0.717) is 38.2 Å². The molecule has 0 unspecified atom stereocenters. The van der Waals surface area contributed by atoms with Gasteiger partial charge in [0.2, 0.25) is 5.91 Å². The van der Waals surface area contributed by atoms with Crippen LogP contribution in [0.15, 0.2) is 4.99 Å². The number of hydrogen-bond acceptors (Lipinski definition) is 7. The molecule has 0 saturated heterocycles. The van der Waals surface area contributed by atoms with E-state index in [-0.39, 0.29) is 12.3 Å². The first-order valence-electron chi connectivity index (χ1n) is 10.8. The summed E-state index contributed by atoms with van der Waals surface area (Å²) in [7, 11) is 0. The summed E-state index contributed by atoms with van der Waals surface area (Å²) < 4.78 is 36.9. The number of alkyl carbamates (subject to hydrolysis) is 1. The lowest BCUT2D eigenvalue weighted by molar-refractivity contribution is -0.192. The Balaban J connectivity index is 0. The van der Waals surface area contributed by atoms with Crippen LogP contribution in [0, 0.1) is 0 Å². The number of halogens is 3. The van der Waals surface area contributed by atoms with Crippen molar-refractivity contribution in [3.63, 3.8) is 0 Å². The number of amidine groups is 1. The highest BCUT2D eigenvalue weighted by molar-refractivity contribution is 5.87. The summed E-state index contributed by atoms with van der Waals surface area (Å²) in [5, 5.41) is 9.65. The minimum atomic E-state index is -5.08. The second-order valence-electron chi connectivity index (χ2n) is 8.30. The molecule has 35 heavy (non-hydrogen) atoms. The van der Waals surface area contributed by atoms with E-state index in [1.54, 1.807) is 27.7 Å². The van der Waals surface area contributed by atoms with Gasteiger partial charge in [-0.05, 0) is 59.9 Å². The first kappa shape index (κ1) is 34.1. The number of unbranched alkanes of at least 4 members (excludes halogenated alkanes) is 2. The molecule has 0 fully saturated rings. The number of alkyl halides is 3. The normalized spacial score (nSPS) is 12.5. The van der Waals surface area contributed by atoms with Crippen molar-refractivity contribution in [2.75, 3.05) is 13.1 Å². The highest BCUT2D eigenvalue weighted by Gasteiger charge is 2.38. The second-order valence-corrected chi connectivity index (χ2v) is 8.30. The topological polar surface area (TPSA) is 198 Å². The van der Waals surface area contributed by atoms with E-state index in [9.17, 15) is 27.6 Å². The maximum atomic E-state index is 12.4. The van der Waals surface area contributed by atoms with Crippen LogP contribution in [0.3, 0.4) is 0 Å². The molecule has 0 aromatic heterocycles. The number of rotatable bonds is 11. The van der Waals surface area contributed by atoms with Crippen LogP contribution in [0.1, 0.15) is 66.2 Å². The molecule has 0 saturated carbocycles. The number of nitrogens with one attached hydrogen (secondary N) is 3. The standard InChI is InChI=1S/C18H36N6O4.C2HF3O2/c1-13(20)21-12-8-9-14(22-17(27)28-18(2,3)4)16(26)24-23-15(25)10-6-5-7-11-19;3-2(4,5)1(6)7/h14H,5-12,19H2,1-4H3,(H2,20,21)(H,22,27)(H,23,25)(H,24,26);(H,6,7)/t14-;/m1./s1. The Morgan fingerprint density at radius 1 is 1.03 bits per heavy atom. The van der Waals surface area contributed by atoms with Crippen molar-refractivity contribution >= 4 is 29.7 Å². The number of nitrogens with two attached hydrogens (primary N) is 2. The van der Waals surface area contributed by atoms with E-state index < -0.39 is 35.8 Å². The molecule has 1 atom stereocenters. The number of nitrogens with zero attached hydrogens (tertiary/aromatic N) is 1. The van der Waals surface area contributed by atoms with E-state index in [1.807, 2.05) is 0 Å². The Hall–Kier alpha value is -3.10. The molecule has 0 aromatic carbocycles. The number of ether oxygens (including phenoxy) is 1. The molecule has 0 radical (unpaired) electrons. The maximum Gasteiger partial charge on any atom is 0.490 e. The van der Waals surface area contributed by atoms with Crippen molar-refractivity contribution in [3.05, 3.63) is 0 Å². The quantitative estimate of drug-likeness (QED) is 0.103. The number of carboxylic acid groups (broad SMARTS) is 1. The van der Waals surface area contributed by atoms with Crippen LogP contribution in [-0.2, 0) is 19.1 Å². The summed E-state index contributed by atoms with van der Waals surface area (Å²) in [5.41, 5.74) is 14.9. The van der Waals surface area contributed by atoms with Gasteiger partial charge in [-0.3, -0.25) is 25.4 Å². The summed E-state index contributed by atoms with van der Waals surface area (Å²) in [5.74, 6) is -3.14. The minimum Gasteiger partial charge on any atom is -0.475 e. The van der Waals surface area contributed by atoms with Crippen LogP contribution in [0.2, 0.25) is 0 Å². The van der Waals surface area contributed by atoms with Crippen LogP contribution in [0.25, 0.3) is 0 Å². The van der Waals surface area contributed by atoms with Gasteiger partial charge < -0.3 is 26.6 Å². The van der Waals surface area contributed by atoms with Crippen LogP contribution in [-0.4, -0.2) is 65.7 Å². The summed E-state index contributed by atoms with van der Waals surface area (Å²) >= 11 is 0. The first-order chi connectivity index (χ1) is 16.0. The van der Waals surface area contributed by atoms with Gasteiger partial charge in [-0.2, -0.15) is 13.2 Å². The third-order valence-electron chi connectivity index (χ3n) is 3.70. The van der Waals surface area contributed by atoms with Gasteiger partial charge in [-0.15, -0.1) is 0 Å². The molecule has 3 amide bonds. The Morgan fingerprint density at radius 2 is 1.60 bits per heavy atom. The molecule has 204 valence electrons. The molecule has 15 heteroatoms. The molecule has 0 aliphatic rings. The van der Waals surface area contributed by atoms with Crippen LogP contribution >= 0.6 is 0 Å². The second kappa shape index (κ2) is 17.4. The lowest BCUT2D eigenvalue weighted by Gasteiger charge is -2.23. The van der Waals surface area contributed by atoms with Gasteiger partial charge >= 0.3 is 18.2 Å². The van der Waals surface area contributed by atoms with Gasteiger partial charge in [0.15, 0.2) is 0 Å². The Labute approximate surface area is 202 Å². The number of carboxylic acids is 1. The fraction of sp³-hybridized carbons (Fsp3) is 0.750. The van der Waals surface area contributed by atoms with E-state index in [4.69, 9.17) is 26.1 Å². The predicted octanol–water partition coefficient (Wildman–Crippen LogP) is 1.34. The van der Waals surface area contributed by atoms with E-state index in [1.165, 1.54) is 0 Å². The van der Waals surface area contributed by atoms with E-state index >= 15 is 0 Å². The van der Waals surface area contributed by atoms with Gasteiger partial charge in [0.05, 0.1) is 5.84 Å². The Kier molecular flexibility index (Phi) is 16.9. The van der Waals surface area contributed by atoms with Gasteiger partial charge in [0.25, 0.3) is 5.91 Å². The van der Waals surface area contributed by atoms with Gasteiger partial charge in [0.1, 0.15) is 11.6 Å². The molecular formula is C20H37F3N6O6. The Bertz CT molecular complexity index is 706. The number of hydrazine groups is 1. The largest absolute Gasteiger partial charge is 0.490 e. The molecule has 0 aliphatic heterocycles. The zero-order valence-electron chi connectivity index (χ0n) is 20.5. The molecule has 0 bridgehead atoms. The fourth-order valence-electron chi connectivity index (χ4n) is 2.16. The van der Waals surface area contributed by atoms with Crippen LogP contribution < -0.4 is 27.6 Å². The molecule has 8 N–H and O–H groups in total. The number of carbonyl (C=O) groups is 4. The number of carbonyl (C=O) groups excluding carboxylic acids is 3. The summed E-state index contributed by atoms with van der Waals surface area (Å²) in [6.07, 6.45) is -2.28. The van der Waals surface area contributed by atoms with Crippen molar-refractivity contribution in [1.29, 1.82) is 0 Å². The molecule has 0 aliphatic carbocycles. The Morgan fingerprint density at radius 3 is 2.06 bits per heavy atom. The zero-order chi connectivity index (χ0) is 27.7. The van der Waals surface area contributed by atoms with Crippen molar-refractivity contribution in [3.8, 4) is 0 Å². The van der Waals surface area contributed by atoms with Crippen molar-refractivity contribution < 1.29 is 42.2 Å². The molecule has 0 spiro atoms. The third-order valence-corrected chi connectivity index (χ3v) is 3.70. The minimum absolute atomic E-state index is 0.287. The smallest absolute Gasteiger partial charge is 0.475 e. The van der Waals surface area contributed by atoms with Crippen LogP contribution in [0.5, 0.6) is 0 Å². The predicted molar refractivity (Wildman–Crippen MR) is 122 cm³/mol. The lowest BCUT2D eigenvalue weighted by atomic mass is 10.1. The number of hydrogen-bond donors (Lipinski definition) is 6. The third kappa shape index (κ3) is 22.5. The summed E-state index contributed by atoms with van der Waals surface area (Å²) in [4.78, 5) is 49.1. The summed E-state index contributed by atoms with van der Waals surface area (Å²) in [6, 6.07) is -0.874. The van der Waals surface area contributed by atoms with E-state index in [2.05, 4.69) is 21.2 Å². The maximum absolute atomic E-state index is 12.4. The summed E-state index contributed by atoms with van der Waals surface area (Å²) in [6.45, 7) is 7.87. The number of amides is 3. The highest BCUT2D eigenvalue weighted by Crippen LogP contribution is 2.13. The number of aliphatic carboxylic acids is 1. The average molecular weight is 515 g/mol. The SMILES string of the molecule is CC(N)=NCCC[C@@H](NC(=O)OC(C)(C)C)C(=O)NNC(=O)CCCCCN.O=C(O)C(F)(F)F. The van der Waals surface area contributed by atoms with Crippen molar-refractivity contribution in [1.82, 2.24) is 16.2 Å². The molecular weight excluding hydrogens is 477 g/mol. The highest BCUT2D eigenvalue weighted by atomic mass is 19.4. The van der Waals surface area contributed by atoms with Crippen molar-refractivity contribution in [2.45, 2.75) is 84.0 Å². The van der Waals surface area contributed by atoms with E-state index in [0.717, 1.165) is 12.8 Å². The molecule has 0 heterocycles. The monoisotopic (exact) mass is 514 g/mol. The molecule has 12 nitrogen and oxygen atoms in total. The van der Waals surface area contributed by atoms with Gasteiger partial charge in [0, 0.05) is 13.0 Å². The average Bonchev–Trinajstić information content (AvgIpc) is 2.69. The van der Waals surface area contributed by atoms with Gasteiger partial charge in [-0.1, -0.05) is 6.42 Å².